The van der Waals surface area contributed by atoms with Crippen LogP contribution >= 0.6 is 0 Å². The minimum atomic E-state index is -3.46. The molecule has 1 aromatic heterocycles. The summed E-state index contributed by atoms with van der Waals surface area (Å²) in [6.45, 7) is 0.953. The second kappa shape index (κ2) is 9.17. The first-order chi connectivity index (χ1) is 15.4. The lowest BCUT2D eigenvalue weighted by Crippen LogP contribution is -2.38. The number of nitrogens with zero attached hydrogens (tertiary/aromatic N) is 2. The van der Waals surface area contributed by atoms with Crippen LogP contribution < -0.4 is 14.8 Å². The number of hydrogen-bond donors (Lipinski definition) is 2. The van der Waals surface area contributed by atoms with Crippen LogP contribution in [0, 0.1) is 0 Å². The highest BCUT2D eigenvalue weighted by molar-refractivity contribution is 7.89. The normalized spacial score (nSPS) is 14.2. The van der Waals surface area contributed by atoms with Gasteiger partial charge in [0.05, 0.1) is 25.5 Å². The van der Waals surface area contributed by atoms with Crippen molar-refractivity contribution in [1.82, 2.24) is 19.8 Å². The number of para-hydroxylation sites is 1. The molecule has 3 aromatic rings. The van der Waals surface area contributed by atoms with Crippen molar-refractivity contribution in [2.75, 3.05) is 33.1 Å². The second-order valence-corrected chi connectivity index (χ2v) is 9.69. The highest BCUT2D eigenvalue weighted by atomic mass is 32.2. The summed E-state index contributed by atoms with van der Waals surface area (Å²) in [6.07, 6.45) is 0.920. The zero-order chi connectivity index (χ0) is 22.7. The maximum absolute atomic E-state index is 12.9. The molecule has 32 heavy (non-hydrogen) atoms. The van der Waals surface area contributed by atoms with Gasteiger partial charge in [-0.3, -0.25) is 9.89 Å². The Bertz CT molecular complexity index is 1240. The summed E-state index contributed by atoms with van der Waals surface area (Å²) in [7, 11) is -0.322. The van der Waals surface area contributed by atoms with Crippen molar-refractivity contribution in [3.8, 4) is 11.5 Å². The van der Waals surface area contributed by atoms with Gasteiger partial charge in [-0.15, -0.1) is 0 Å². The average Bonchev–Trinajstić information content (AvgIpc) is 3.24. The topological polar surface area (TPSA) is 114 Å². The molecule has 9 nitrogen and oxygen atoms in total. The van der Waals surface area contributed by atoms with Crippen LogP contribution in [0.1, 0.15) is 28.0 Å². The van der Waals surface area contributed by atoms with Crippen molar-refractivity contribution in [3.05, 3.63) is 53.2 Å². The molecule has 1 amide bonds. The first kappa shape index (κ1) is 22.1. The predicted molar refractivity (Wildman–Crippen MR) is 120 cm³/mol. The fourth-order valence-electron chi connectivity index (χ4n) is 3.90. The molecule has 1 aliphatic rings. The van der Waals surface area contributed by atoms with E-state index in [1.54, 1.807) is 14.2 Å². The van der Waals surface area contributed by atoms with Gasteiger partial charge in [-0.05, 0) is 42.2 Å². The van der Waals surface area contributed by atoms with Crippen LogP contribution in [0.25, 0.3) is 10.9 Å². The molecule has 0 saturated heterocycles. The molecule has 0 atom stereocenters. The molecule has 2 N–H and O–H groups in total. The summed E-state index contributed by atoms with van der Waals surface area (Å²) in [5.74, 6) is 0.854. The van der Waals surface area contributed by atoms with Crippen LogP contribution in [0.5, 0.6) is 11.5 Å². The number of sulfonamides is 1. The third-order valence-corrected chi connectivity index (χ3v) is 7.53. The number of benzene rings is 2. The van der Waals surface area contributed by atoms with Crippen molar-refractivity contribution < 1.29 is 22.7 Å². The maximum atomic E-state index is 12.9. The number of ether oxygens (including phenoxy) is 2. The summed E-state index contributed by atoms with van der Waals surface area (Å²) in [4.78, 5) is 12.4. The smallest absolute Gasteiger partial charge is 0.272 e. The van der Waals surface area contributed by atoms with Crippen LogP contribution in [0.3, 0.4) is 0 Å². The molecule has 1 aliphatic heterocycles. The molecule has 2 heterocycles. The number of carbonyl (C=O) groups excluding carboxylic acids is 1. The Balaban J connectivity index is 1.33. The number of methoxy groups -OCH3 is 2. The van der Waals surface area contributed by atoms with Gasteiger partial charge in [0.25, 0.3) is 5.91 Å². The monoisotopic (exact) mass is 458 g/mol. The van der Waals surface area contributed by atoms with Gasteiger partial charge in [-0.1, -0.05) is 18.2 Å². The van der Waals surface area contributed by atoms with Crippen molar-refractivity contribution in [2.24, 2.45) is 0 Å². The average molecular weight is 459 g/mol. The van der Waals surface area contributed by atoms with Gasteiger partial charge in [0.15, 0.2) is 17.2 Å². The fourth-order valence-corrected chi connectivity index (χ4v) is 5.37. The van der Waals surface area contributed by atoms with Gasteiger partial charge in [0.1, 0.15) is 0 Å². The molecule has 2 aromatic carbocycles. The van der Waals surface area contributed by atoms with E-state index in [4.69, 9.17) is 9.47 Å². The quantitative estimate of drug-likeness (QED) is 0.500. The van der Waals surface area contributed by atoms with E-state index in [0.717, 1.165) is 22.0 Å². The first-order valence-electron chi connectivity index (χ1n) is 10.4. The standard InChI is InChI=1S/C22H26N4O5S/c1-30-19-12-15-8-10-26(14-16(15)13-20(19)31-2)32(28,29)11-5-9-23-22(27)21-17-6-3-4-7-18(17)24-25-21/h3-4,6-7,12-13H,5,8-11,14H2,1-2H3,(H,23,27)(H,24,25). The minimum Gasteiger partial charge on any atom is -0.493 e. The largest absolute Gasteiger partial charge is 0.493 e. The van der Waals surface area contributed by atoms with Gasteiger partial charge in [-0.25, -0.2) is 8.42 Å². The summed E-state index contributed by atoms with van der Waals surface area (Å²) < 4.78 is 37.9. The number of amides is 1. The van der Waals surface area contributed by atoms with E-state index in [1.807, 2.05) is 36.4 Å². The summed E-state index contributed by atoms with van der Waals surface area (Å²) >= 11 is 0. The summed E-state index contributed by atoms with van der Waals surface area (Å²) in [5.41, 5.74) is 3.06. The SMILES string of the molecule is COc1cc2c(cc1OC)CN(S(=O)(=O)CCCNC(=O)c1n[nH]c3ccccc13)CC2. The number of rotatable bonds is 8. The van der Waals surface area contributed by atoms with Crippen LogP contribution in [0.4, 0.5) is 0 Å². The molecule has 170 valence electrons. The Morgan fingerprint density at radius 2 is 1.88 bits per heavy atom. The number of hydrogen-bond acceptors (Lipinski definition) is 6. The molecule has 0 bridgehead atoms. The molecular formula is C22H26N4O5S. The number of aromatic nitrogens is 2. The van der Waals surface area contributed by atoms with Gasteiger partial charge in [-0.2, -0.15) is 9.40 Å². The zero-order valence-corrected chi connectivity index (χ0v) is 18.9. The van der Waals surface area contributed by atoms with Gasteiger partial charge in [0.2, 0.25) is 10.0 Å². The third-order valence-electron chi connectivity index (χ3n) is 5.63. The molecule has 0 aliphatic carbocycles. The third kappa shape index (κ3) is 4.42. The van der Waals surface area contributed by atoms with Crippen LogP contribution in [0.15, 0.2) is 36.4 Å². The predicted octanol–water partition coefficient (Wildman–Crippen LogP) is 2.09. The van der Waals surface area contributed by atoms with E-state index in [0.29, 0.717) is 43.1 Å². The van der Waals surface area contributed by atoms with Gasteiger partial charge >= 0.3 is 0 Å². The first-order valence-corrected chi connectivity index (χ1v) is 12.0. The highest BCUT2D eigenvalue weighted by Gasteiger charge is 2.27. The lowest BCUT2D eigenvalue weighted by Gasteiger charge is -2.29. The van der Waals surface area contributed by atoms with E-state index in [-0.39, 0.29) is 18.2 Å². The lowest BCUT2D eigenvalue weighted by molar-refractivity contribution is 0.0950. The molecule has 0 unspecified atom stereocenters. The van der Waals surface area contributed by atoms with E-state index in [2.05, 4.69) is 15.5 Å². The second-order valence-electron chi connectivity index (χ2n) is 7.60. The Morgan fingerprint density at radius 1 is 1.16 bits per heavy atom. The van der Waals surface area contributed by atoms with Crippen molar-refractivity contribution >= 4 is 26.8 Å². The zero-order valence-electron chi connectivity index (χ0n) is 18.1. The number of fused-ring (bicyclic) bond motifs is 2. The molecule has 0 fully saturated rings. The van der Waals surface area contributed by atoms with Gasteiger partial charge < -0.3 is 14.8 Å². The Morgan fingerprint density at radius 3 is 2.62 bits per heavy atom. The van der Waals surface area contributed by atoms with Gasteiger partial charge in [0, 0.05) is 25.0 Å². The Hall–Kier alpha value is -3.11. The molecule has 0 radical (unpaired) electrons. The Kier molecular flexibility index (Phi) is 6.33. The molecular weight excluding hydrogens is 432 g/mol. The molecule has 10 heteroatoms. The Labute approximate surface area is 186 Å². The summed E-state index contributed by atoms with van der Waals surface area (Å²) in [6, 6.07) is 11.1. The number of aromatic amines is 1. The van der Waals surface area contributed by atoms with Crippen molar-refractivity contribution in [1.29, 1.82) is 0 Å². The van der Waals surface area contributed by atoms with E-state index in [9.17, 15) is 13.2 Å². The number of H-pyrrole nitrogens is 1. The molecule has 0 saturated carbocycles. The minimum absolute atomic E-state index is 0.0444. The molecule has 4 rings (SSSR count). The number of nitrogens with one attached hydrogen (secondary N) is 2. The lowest BCUT2D eigenvalue weighted by atomic mass is 10.0. The van der Waals surface area contributed by atoms with E-state index in [1.165, 1.54) is 4.31 Å². The van der Waals surface area contributed by atoms with Crippen molar-refractivity contribution in [2.45, 2.75) is 19.4 Å². The van der Waals surface area contributed by atoms with Crippen LogP contribution in [0.2, 0.25) is 0 Å². The summed E-state index contributed by atoms with van der Waals surface area (Å²) in [5, 5.41) is 10.4. The number of carbonyl (C=O) groups is 1. The van der Waals surface area contributed by atoms with E-state index < -0.39 is 10.0 Å². The van der Waals surface area contributed by atoms with Crippen molar-refractivity contribution in [3.63, 3.8) is 0 Å². The maximum Gasteiger partial charge on any atom is 0.272 e. The highest BCUT2D eigenvalue weighted by Crippen LogP contribution is 2.33. The van der Waals surface area contributed by atoms with Crippen LogP contribution in [-0.2, 0) is 23.0 Å². The van der Waals surface area contributed by atoms with Crippen LogP contribution in [-0.4, -0.2) is 61.9 Å². The molecule has 0 spiro atoms. The van der Waals surface area contributed by atoms with E-state index >= 15 is 0 Å². The fraction of sp³-hybridized carbons (Fsp3) is 0.364.